The van der Waals surface area contributed by atoms with Gasteiger partial charge in [-0.15, -0.1) is 0 Å². The Hall–Kier alpha value is -1.05. The van der Waals surface area contributed by atoms with E-state index in [2.05, 4.69) is 0 Å². The van der Waals surface area contributed by atoms with Gasteiger partial charge < -0.3 is 5.11 Å². The molecular weight excluding hydrogens is 288 g/mol. The van der Waals surface area contributed by atoms with Crippen LogP contribution in [0, 0.1) is 11.6 Å². The van der Waals surface area contributed by atoms with E-state index in [4.69, 9.17) is 5.11 Å². The van der Waals surface area contributed by atoms with E-state index in [-0.39, 0.29) is 6.04 Å². The Bertz CT molecular complexity index is 598. The van der Waals surface area contributed by atoms with Crippen molar-refractivity contribution >= 4 is 10.0 Å². The van der Waals surface area contributed by atoms with Crippen molar-refractivity contribution in [3.63, 3.8) is 0 Å². The maximum Gasteiger partial charge on any atom is 0.245 e. The lowest BCUT2D eigenvalue weighted by atomic mass is 10.2. The molecule has 0 spiro atoms. The van der Waals surface area contributed by atoms with Crippen molar-refractivity contribution in [2.24, 2.45) is 0 Å². The van der Waals surface area contributed by atoms with Crippen LogP contribution in [0.5, 0.6) is 0 Å². The molecule has 0 heterocycles. The van der Waals surface area contributed by atoms with E-state index in [0.717, 1.165) is 42.1 Å². The Kier molecular flexibility index (Phi) is 4.41. The molecule has 0 atom stereocenters. The SMILES string of the molecule is CN(C1CCCC1)S(=O)(=O)c1ccc(F)c(CO)c1F. The van der Waals surface area contributed by atoms with Gasteiger partial charge in [-0.05, 0) is 25.0 Å². The number of aliphatic hydroxyl groups excluding tert-OH is 1. The first-order valence-electron chi connectivity index (χ1n) is 6.45. The minimum absolute atomic E-state index is 0.151. The highest BCUT2D eigenvalue weighted by Gasteiger charge is 2.33. The molecule has 0 bridgehead atoms. The van der Waals surface area contributed by atoms with Gasteiger partial charge in [-0.1, -0.05) is 12.8 Å². The highest BCUT2D eigenvalue weighted by Crippen LogP contribution is 2.29. The van der Waals surface area contributed by atoms with Crippen molar-refractivity contribution < 1.29 is 22.3 Å². The summed E-state index contributed by atoms with van der Waals surface area (Å²) in [4.78, 5) is -0.586. The third kappa shape index (κ3) is 2.57. The molecule has 112 valence electrons. The van der Waals surface area contributed by atoms with Crippen molar-refractivity contribution in [2.45, 2.75) is 43.2 Å². The van der Waals surface area contributed by atoms with Crippen LogP contribution >= 0.6 is 0 Å². The molecule has 1 saturated carbocycles. The van der Waals surface area contributed by atoms with E-state index in [0.29, 0.717) is 0 Å². The minimum Gasteiger partial charge on any atom is -0.391 e. The first-order valence-corrected chi connectivity index (χ1v) is 7.89. The summed E-state index contributed by atoms with van der Waals surface area (Å²) >= 11 is 0. The minimum atomic E-state index is -4.02. The number of nitrogens with zero attached hydrogens (tertiary/aromatic N) is 1. The number of benzene rings is 1. The van der Waals surface area contributed by atoms with Gasteiger partial charge in [-0.2, -0.15) is 4.31 Å². The average Bonchev–Trinajstić information content (AvgIpc) is 2.91. The molecule has 20 heavy (non-hydrogen) atoms. The van der Waals surface area contributed by atoms with Gasteiger partial charge in [-0.25, -0.2) is 17.2 Å². The fourth-order valence-corrected chi connectivity index (χ4v) is 4.04. The molecule has 7 heteroatoms. The van der Waals surface area contributed by atoms with Gasteiger partial charge in [0.25, 0.3) is 0 Å². The van der Waals surface area contributed by atoms with Gasteiger partial charge in [0, 0.05) is 13.1 Å². The maximum atomic E-state index is 14.1. The van der Waals surface area contributed by atoms with Crippen LogP contribution in [0.3, 0.4) is 0 Å². The predicted molar refractivity (Wildman–Crippen MR) is 69.5 cm³/mol. The van der Waals surface area contributed by atoms with Crippen LogP contribution in [0.2, 0.25) is 0 Å². The summed E-state index contributed by atoms with van der Waals surface area (Å²) in [6.45, 7) is -0.881. The Morgan fingerprint density at radius 2 is 1.90 bits per heavy atom. The number of sulfonamides is 1. The zero-order chi connectivity index (χ0) is 14.9. The molecule has 1 aliphatic carbocycles. The lowest BCUT2D eigenvalue weighted by Crippen LogP contribution is -2.35. The fourth-order valence-electron chi connectivity index (χ4n) is 2.54. The zero-order valence-corrected chi connectivity index (χ0v) is 12.0. The molecule has 0 unspecified atom stereocenters. The van der Waals surface area contributed by atoms with Crippen molar-refractivity contribution in [2.75, 3.05) is 7.05 Å². The topological polar surface area (TPSA) is 57.6 Å². The molecular formula is C13H17F2NO3S. The summed E-state index contributed by atoms with van der Waals surface area (Å²) in [5, 5.41) is 8.95. The van der Waals surface area contributed by atoms with Crippen LogP contribution in [0.25, 0.3) is 0 Å². The summed E-state index contributed by atoms with van der Waals surface area (Å²) < 4.78 is 53.3. The normalized spacial score (nSPS) is 17.1. The molecule has 0 amide bonds. The zero-order valence-electron chi connectivity index (χ0n) is 11.1. The van der Waals surface area contributed by atoms with Crippen molar-refractivity contribution in [3.05, 3.63) is 29.3 Å². The quantitative estimate of drug-likeness (QED) is 0.926. The average molecular weight is 305 g/mol. The van der Waals surface area contributed by atoms with Gasteiger partial charge in [0.1, 0.15) is 10.7 Å². The second-order valence-electron chi connectivity index (χ2n) is 4.96. The van der Waals surface area contributed by atoms with E-state index in [1.807, 2.05) is 0 Å². The Morgan fingerprint density at radius 1 is 1.30 bits per heavy atom. The molecule has 1 aromatic rings. The van der Waals surface area contributed by atoms with Crippen LogP contribution < -0.4 is 0 Å². The summed E-state index contributed by atoms with van der Waals surface area (Å²) in [6.07, 6.45) is 3.37. The van der Waals surface area contributed by atoms with Crippen LogP contribution in [-0.2, 0) is 16.6 Å². The molecule has 1 aromatic carbocycles. The van der Waals surface area contributed by atoms with Gasteiger partial charge in [0.15, 0.2) is 5.82 Å². The van der Waals surface area contributed by atoms with Crippen LogP contribution in [0.4, 0.5) is 8.78 Å². The third-order valence-corrected chi connectivity index (χ3v) is 5.73. The lowest BCUT2D eigenvalue weighted by Gasteiger charge is -2.24. The van der Waals surface area contributed by atoms with Gasteiger partial charge in [0.2, 0.25) is 10.0 Å². The van der Waals surface area contributed by atoms with Gasteiger partial charge >= 0.3 is 0 Å². The number of aliphatic hydroxyl groups is 1. The second-order valence-corrected chi connectivity index (χ2v) is 6.92. The van der Waals surface area contributed by atoms with E-state index in [1.54, 1.807) is 0 Å². The van der Waals surface area contributed by atoms with Crippen molar-refractivity contribution in [1.82, 2.24) is 4.31 Å². The molecule has 4 nitrogen and oxygen atoms in total. The van der Waals surface area contributed by atoms with E-state index in [1.165, 1.54) is 7.05 Å². The molecule has 0 aliphatic heterocycles. The Balaban J connectivity index is 2.44. The summed E-state index contributed by atoms with van der Waals surface area (Å²) in [7, 11) is -2.61. The van der Waals surface area contributed by atoms with Crippen LogP contribution in [-0.4, -0.2) is 30.9 Å². The third-order valence-electron chi connectivity index (χ3n) is 3.80. The van der Waals surface area contributed by atoms with E-state index >= 15 is 0 Å². The van der Waals surface area contributed by atoms with Crippen LogP contribution in [0.1, 0.15) is 31.2 Å². The molecule has 0 saturated heterocycles. The first-order chi connectivity index (χ1) is 9.39. The standard InChI is InChI=1S/C13H17F2NO3S/c1-16(9-4-2-3-5-9)20(18,19)12-7-6-11(14)10(8-17)13(12)15/h6-7,9,17H,2-5,8H2,1H3. The summed E-state index contributed by atoms with van der Waals surface area (Å²) in [6, 6.07) is 1.62. The van der Waals surface area contributed by atoms with Gasteiger partial charge in [0.05, 0.1) is 12.2 Å². The van der Waals surface area contributed by atoms with E-state index < -0.39 is 38.7 Å². The highest BCUT2D eigenvalue weighted by atomic mass is 32.2. The summed E-state index contributed by atoms with van der Waals surface area (Å²) in [5.74, 6) is -2.16. The fraction of sp³-hybridized carbons (Fsp3) is 0.538. The second kappa shape index (κ2) is 5.75. The largest absolute Gasteiger partial charge is 0.391 e. The maximum absolute atomic E-state index is 14.1. The monoisotopic (exact) mass is 305 g/mol. The Morgan fingerprint density at radius 3 is 2.45 bits per heavy atom. The molecule has 1 aliphatic rings. The smallest absolute Gasteiger partial charge is 0.245 e. The lowest BCUT2D eigenvalue weighted by molar-refractivity contribution is 0.267. The molecule has 1 fully saturated rings. The van der Waals surface area contributed by atoms with Gasteiger partial charge in [-0.3, -0.25) is 0 Å². The highest BCUT2D eigenvalue weighted by molar-refractivity contribution is 7.89. The number of hydrogen-bond acceptors (Lipinski definition) is 3. The van der Waals surface area contributed by atoms with E-state index in [9.17, 15) is 17.2 Å². The molecule has 1 N–H and O–H groups in total. The number of rotatable bonds is 4. The number of halogens is 2. The Labute approximate surface area is 117 Å². The van der Waals surface area contributed by atoms with Crippen molar-refractivity contribution in [1.29, 1.82) is 0 Å². The van der Waals surface area contributed by atoms with Crippen LogP contribution in [0.15, 0.2) is 17.0 Å². The van der Waals surface area contributed by atoms with Crippen molar-refractivity contribution in [3.8, 4) is 0 Å². The number of hydrogen-bond donors (Lipinski definition) is 1. The molecule has 2 rings (SSSR count). The molecule has 0 radical (unpaired) electrons. The molecule has 0 aromatic heterocycles. The predicted octanol–water partition coefficient (Wildman–Crippen LogP) is 2.02. The summed E-state index contributed by atoms with van der Waals surface area (Å²) in [5.41, 5.74) is -0.620. The first kappa shape index (κ1) is 15.3.